The highest BCUT2D eigenvalue weighted by molar-refractivity contribution is 6.34. The van der Waals surface area contributed by atoms with E-state index in [1.165, 1.54) is 0 Å². The number of allylic oxidation sites excluding steroid dienone is 1. The van der Waals surface area contributed by atoms with Gasteiger partial charge in [0.2, 0.25) is 0 Å². The predicted molar refractivity (Wildman–Crippen MR) is 70.9 cm³/mol. The molecule has 90 valence electrons. The molecule has 5 heteroatoms. The minimum atomic E-state index is 0.421. The summed E-state index contributed by atoms with van der Waals surface area (Å²) in [7, 11) is 0. The number of aliphatic imine (C=N–C) groups is 1. The second kappa shape index (κ2) is 4.40. The van der Waals surface area contributed by atoms with Crippen LogP contribution in [-0.2, 0) is 4.79 Å². The van der Waals surface area contributed by atoms with Crippen LogP contribution in [0.15, 0.2) is 47.4 Å². The van der Waals surface area contributed by atoms with E-state index < -0.39 is 0 Å². The van der Waals surface area contributed by atoms with Gasteiger partial charge in [0.25, 0.3) is 0 Å². The molecule has 0 unspecified atom stereocenters. The maximum atomic E-state index is 10.8. The number of carbonyl (C=O) groups is 1. The Hall–Kier alpha value is -1.91. The molecule has 0 saturated heterocycles. The van der Waals surface area contributed by atoms with E-state index in [2.05, 4.69) is 10.4 Å². The van der Waals surface area contributed by atoms with Crippen molar-refractivity contribution in [1.29, 1.82) is 0 Å². The topological polar surface area (TPSA) is 44.7 Å². The Bertz CT molecular complexity index is 604. The Balaban J connectivity index is 2.09. The highest BCUT2D eigenvalue weighted by Gasteiger charge is 2.24. The van der Waals surface area contributed by atoms with Gasteiger partial charge in [0.1, 0.15) is 5.71 Å². The van der Waals surface area contributed by atoms with Crippen LogP contribution in [0, 0.1) is 0 Å². The fourth-order valence-corrected chi connectivity index (χ4v) is 2.18. The average Bonchev–Trinajstić information content (AvgIpc) is 2.81. The second-order valence-corrected chi connectivity index (χ2v) is 4.42. The van der Waals surface area contributed by atoms with Gasteiger partial charge in [0, 0.05) is 23.3 Å². The third-order valence-electron chi connectivity index (χ3n) is 2.85. The first-order valence-corrected chi connectivity index (χ1v) is 5.89. The van der Waals surface area contributed by atoms with Crippen LogP contribution in [0.5, 0.6) is 0 Å². The van der Waals surface area contributed by atoms with Gasteiger partial charge in [-0.05, 0) is 23.8 Å². The molecular weight excluding hydrogens is 250 g/mol. The van der Waals surface area contributed by atoms with Gasteiger partial charge in [-0.2, -0.15) is 0 Å². The van der Waals surface area contributed by atoms with Crippen molar-refractivity contribution >= 4 is 29.2 Å². The zero-order valence-corrected chi connectivity index (χ0v) is 10.2. The van der Waals surface area contributed by atoms with Crippen molar-refractivity contribution in [2.75, 3.05) is 6.54 Å². The molecular formula is C13H10ClN3O. The van der Waals surface area contributed by atoms with Crippen LogP contribution in [0.4, 0.5) is 0 Å². The van der Waals surface area contributed by atoms with Gasteiger partial charge in [0.15, 0.2) is 12.1 Å². The first-order valence-electron chi connectivity index (χ1n) is 5.52. The number of aldehydes is 1. The lowest BCUT2D eigenvalue weighted by Crippen LogP contribution is -2.28. The number of hydrogen-bond donors (Lipinski definition) is 1. The highest BCUT2D eigenvalue weighted by Crippen LogP contribution is 2.29. The summed E-state index contributed by atoms with van der Waals surface area (Å²) in [6.45, 7) is 0.662. The standard InChI is InChI=1S/C13H10ClN3O/c14-10-3-1-2-9(6-10)12-7-15-17-5-4-11(8-18)16-13(12)17/h1-6,8,15H,7H2. The summed E-state index contributed by atoms with van der Waals surface area (Å²) < 4.78 is 0. The number of nitrogens with one attached hydrogen (secondary N) is 1. The number of hydrogen-bond acceptors (Lipinski definition) is 4. The maximum absolute atomic E-state index is 10.8. The van der Waals surface area contributed by atoms with Crippen LogP contribution in [0.1, 0.15) is 5.56 Å². The number of carbonyl (C=O) groups excluding carboxylic acids is 1. The fourth-order valence-electron chi connectivity index (χ4n) is 1.99. The molecule has 0 saturated carbocycles. The van der Waals surface area contributed by atoms with Crippen molar-refractivity contribution in [3.8, 4) is 0 Å². The molecule has 2 heterocycles. The Morgan fingerprint density at radius 1 is 1.44 bits per heavy atom. The molecule has 2 aliphatic heterocycles. The predicted octanol–water partition coefficient (Wildman–Crippen LogP) is 2.00. The van der Waals surface area contributed by atoms with E-state index in [9.17, 15) is 4.79 Å². The van der Waals surface area contributed by atoms with Gasteiger partial charge in [-0.1, -0.05) is 23.7 Å². The van der Waals surface area contributed by atoms with Crippen molar-refractivity contribution in [1.82, 2.24) is 10.4 Å². The molecule has 18 heavy (non-hydrogen) atoms. The molecule has 3 rings (SSSR count). The SMILES string of the molecule is O=CC1=NC2=C(c3cccc(Cl)c3)CNN2C=C1. The average molecular weight is 260 g/mol. The molecule has 0 aliphatic carbocycles. The molecule has 4 nitrogen and oxygen atoms in total. The number of rotatable bonds is 2. The summed E-state index contributed by atoms with van der Waals surface area (Å²) in [5.41, 5.74) is 5.64. The van der Waals surface area contributed by atoms with Crippen LogP contribution >= 0.6 is 11.6 Å². The third-order valence-corrected chi connectivity index (χ3v) is 3.08. The van der Waals surface area contributed by atoms with E-state index in [1.54, 1.807) is 12.3 Å². The van der Waals surface area contributed by atoms with Gasteiger partial charge < -0.3 is 0 Å². The van der Waals surface area contributed by atoms with Gasteiger partial charge in [0.05, 0.1) is 0 Å². The minimum Gasteiger partial charge on any atom is -0.296 e. The second-order valence-electron chi connectivity index (χ2n) is 3.99. The van der Waals surface area contributed by atoms with Gasteiger partial charge >= 0.3 is 0 Å². The van der Waals surface area contributed by atoms with E-state index in [-0.39, 0.29) is 0 Å². The summed E-state index contributed by atoms with van der Waals surface area (Å²) >= 11 is 5.99. The molecule has 1 N–H and O–H groups in total. The monoisotopic (exact) mass is 259 g/mol. The van der Waals surface area contributed by atoms with Crippen molar-refractivity contribution in [3.63, 3.8) is 0 Å². The highest BCUT2D eigenvalue weighted by atomic mass is 35.5. The van der Waals surface area contributed by atoms with E-state index in [0.717, 1.165) is 23.2 Å². The molecule has 0 aromatic heterocycles. The van der Waals surface area contributed by atoms with E-state index in [1.807, 2.05) is 29.3 Å². The Morgan fingerprint density at radius 2 is 2.33 bits per heavy atom. The molecule has 0 bridgehead atoms. The van der Waals surface area contributed by atoms with E-state index in [0.29, 0.717) is 17.3 Å². The lowest BCUT2D eigenvalue weighted by molar-refractivity contribution is -0.102. The Labute approximate surface area is 109 Å². The van der Waals surface area contributed by atoms with Gasteiger partial charge in [-0.25, -0.2) is 10.4 Å². The van der Waals surface area contributed by atoms with Crippen LogP contribution in [0.3, 0.4) is 0 Å². The number of hydrazine groups is 1. The number of benzene rings is 1. The quantitative estimate of drug-likeness (QED) is 0.827. The Kier molecular flexibility index (Phi) is 2.74. The lowest BCUT2D eigenvalue weighted by atomic mass is 10.1. The summed E-state index contributed by atoms with van der Waals surface area (Å²) in [4.78, 5) is 15.1. The molecule has 0 fully saturated rings. The zero-order valence-electron chi connectivity index (χ0n) is 9.43. The number of fused-ring (bicyclic) bond motifs is 1. The normalized spacial score (nSPS) is 17.8. The Morgan fingerprint density at radius 3 is 3.11 bits per heavy atom. The third kappa shape index (κ3) is 1.85. The molecule has 0 spiro atoms. The molecule has 1 aromatic rings. The van der Waals surface area contributed by atoms with Crippen LogP contribution in [0.25, 0.3) is 5.57 Å². The fraction of sp³-hybridized carbons (Fsp3) is 0.0769. The summed E-state index contributed by atoms with van der Waals surface area (Å²) in [6, 6.07) is 7.60. The molecule has 1 aromatic carbocycles. The molecule has 0 atom stereocenters. The van der Waals surface area contributed by atoms with Crippen LogP contribution in [-0.4, -0.2) is 23.6 Å². The molecule has 0 radical (unpaired) electrons. The van der Waals surface area contributed by atoms with E-state index >= 15 is 0 Å². The van der Waals surface area contributed by atoms with Gasteiger partial charge in [-0.3, -0.25) is 9.80 Å². The minimum absolute atomic E-state index is 0.421. The van der Waals surface area contributed by atoms with Crippen molar-refractivity contribution in [2.24, 2.45) is 4.99 Å². The molecule has 0 amide bonds. The van der Waals surface area contributed by atoms with Gasteiger partial charge in [-0.15, -0.1) is 0 Å². The molecule has 2 aliphatic rings. The number of nitrogens with zero attached hydrogens (tertiary/aromatic N) is 2. The summed E-state index contributed by atoms with van der Waals surface area (Å²) in [6.07, 6.45) is 4.21. The van der Waals surface area contributed by atoms with Crippen molar-refractivity contribution in [3.05, 3.63) is 52.9 Å². The number of halogens is 1. The van der Waals surface area contributed by atoms with Crippen LogP contribution < -0.4 is 5.43 Å². The maximum Gasteiger partial charge on any atom is 0.168 e. The smallest absolute Gasteiger partial charge is 0.168 e. The summed E-state index contributed by atoms with van der Waals surface area (Å²) in [5, 5.41) is 2.49. The van der Waals surface area contributed by atoms with Crippen molar-refractivity contribution < 1.29 is 4.79 Å². The largest absolute Gasteiger partial charge is 0.296 e. The first kappa shape index (κ1) is 11.2. The summed E-state index contributed by atoms with van der Waals surface area (Å²) in [5.74, 6) is 0.752. The van der Waals surface area contributed by atoms with Crippen LogP contribution in [0.2, 0.25) is 5.02 Å². The zero-order chi connectivity index (χ0) is 12.5. The van der Waals surface area contributed by atoms with E-state index in [4.69, 9.17) is 11.6 Å². The van der Waals surface area contributed by atoms with Crippen molar-refractivity contribution in [2.45, 2.75) is 0 Å². The first-order chi connectivity index (χ1) is 8.78. The lowest BCUT2D eigenvalue weighted by Gasteiger charge is -2.17.